The quantitative estimate of drug-likeness (QED) is 0.816. The van der Waals surface area contributed by atoms with E-state index < -0.39 is 5.69 Å². The molecule has 1 heterocycles. The minimum Gasteiger partial charge on any atom is -0.383 e. The molecule has 1 aromatic rings. The summed E-state index contributed by atoms with van der Waals surface area (Å²) in [4.78, 5) is 26.2. The fourth-order valence-electron chi connectivity index (χ4n) is 1.76. The van der Waals surface area contributed by atoms with Crippen molar-refractivity contribution in [2.24, 2.45) is 0 Å². The molecule has 1 N–H and O–H groups in total. The van der Waals surface area contributed by atoms with Crippen LogP contribution in [0, 0.1) is 6.92 Å². The van der Waals surface area contributed by atoms with Crippen LogP contribution in [-0.4, -0.2) is 23.3 Å². The number of hydrogen-bond acceptors (Lipinski definition) is 3. The van der Waals surface area contributed by atoms with Crippen LogP contribution >= 0.6 is 11.6 Å². The summed E-state index contributed by atoms with van der Waals surface area (Å²) < 4.78 is 6.23. The van der Waals surface area contributed by atoms with Crippen molar-refractivity contribution >= 4 is 11.6 Å². The topological polar surface area (TPSA) is 64.1 Å². The van der Waals surface area contributed by atoms with Crippen molar-refractivity contribution in [1.29, 1.82) is 0 Å². The number of H-pyrrole nitrogens is 1. The maximum atomic E-state index is 12.0. The summed E-state index contributed by atoms with van der Waals surface area (Å²) in [6, 6.07) is -0.253. The van der Waals surface area contributed by atoms with Crippen LogP contribution in [-0.2, 0) is 4.74 Å². The second-order valence-corrected chi connectivity index (χ2v) is 4.32. The molecule has 0 saturated carbocycles. The van der Waals surface area contributed by atoms with E-state index in [1.807, 2.05) is 6.92 Å². The molecule has 17 heavy (non-hydrogen) atoms. The van der Waals surface area contributed by atoms with E-state index in [-0.39, 0.29) is 16.8 Å². The highest BCUT2D eigenvalue weighted by molar-refractivity contribution is 6.30. The van der Waals surface area contributed by atoms with Gasteiger partial charge >= 0.3 is 5.69 Å². The third-order valence-corrected chi connectivity index (χ3v) is 3.03. The average Bonchev–Trinajstić information content (AvgIpc) is 2.27. The minimum absolute atomic E-state index is 0.101. The molecule has 0 saturated heterocycles. The Morgan fingerprint density at radius 1 is 1.47 bits per heavy atom. The highest BCUT2D eigenvalue weighted by Crippen LogP contribution is 2.11. The maximum absolute atomic E-state index is 12.0. The normalized spacial score (nSPS) is 12.7. The van der Waals surface area contributed by atoms with Gasteiger partial charge in [-0.1, -0.05) is 24.9 Å². The van der Waals surface area contributed by atoms with Gasteiger partial charge in [0.1, 0.15) is 5.15 Å². The molecule has 1 atom stereocenters. The Labute approximate surface area is 104 Å². The van der Waals surface area contributed by atoms with Gasteiger partial charge < -0.3 is 4.74 Å². The first-order chi connectivity index (χ1) is 8.02. The lowest BCUT2D eigenvalue weighted by Crippen LogP contribution is -2.40. The zero-order chi connectivity index (χ0) is 13.0. The molecular formula is C11H17ClN2O3. The van der Waals surface area contributed by atoms with E-state index >= 15 is 0 Å². The summed E-state index contributed by atoms with van der Waals surface area (Å²) in [5.41, 5.74) is -0.487. The highest BCUT2D eigenvalue weighted by atomic mass is 35.5. The summed E-state index contributed by atoms with van der Waals surface area (Å²) in [5, 5.41) is 0.101. The summed E-state index contributed by atoms with van der Waals surface area (Å²) in [6.07, 6.45) is 1.57. The van der Waals surface area contributed by atoms with Crippen molar-refractivity contribution in [2.45, 2.75) is 32.7 Å². The SMILES string of the molecule is CCCC(COC)n1c(=O)[nH]c(Cl)c(C)c1=O. The molecule has 96 valence electrons. The number of halogens is 1. The third-order valence-electron chi connectivity index (χ3n) is 2.65. The fourth-order valence-corrected chi connectivity index (χ4v) is 1.92. The van der Waals surface area contributed by atoms with Gasteiger partial charge in [-0.2, -0.15) is 0 Å². The van der Waals surface area contributed by atoms with E-state index in [1.54, 1.807) is 14.0 Å². The number of aromatic amines is 1. The van der Waals surface area contributed by atoms with Crippen LogP contribution in [0.3, 0.4) is 0 Å². The lowest BCUT2D eigenvalue weighted by Gasteiger charge is -2.17. The molecule has 0 radical (unpaired) electrons. The lowest BCUT2D eigenvalue weighted by atomic mass is 10.1. The number of aromatic nitrogens is 2. The summed E-state index contributed by atoms with van der Waals surface area (Å²) >= 11 is 5.75. The van der Waals surface area contributed by atoms with Crippen LogP contribution in [0.25, 0.3) is 0 Å². The van der Waals surface area contributed by atoms with Crippen molar-refractivity contribution in [1.82, 2.24) is 9.55 Å². The number of nitrogens with one attached hydrogen (secondary N) is 1. The number of rotatable bonds is 5. The van der Waals surface area contributed by atoms with Crippen LogP contribution in [0.2, 0.25) is 5.15 Å². The third kappa shape index (κ3) is 2.98. The smallest absolute Gasteiger partial charge is 0.329 e. The summed E-state index contributed by atoms with van der Waals surface area (Å²) in [7, 11) is 1.55. The van der Waals surface area contributed by atoms with Gasteiger partial charge in [-0.25, -0.2) is 4.79 Å². The van der Waals surface area contributed by atoms with Crippen LogP contribution in [0.4, 0.5) is 0 Å². The molecule has 0 aliphatic carbocycles. The first-order valence-corrected chi connectivity index (χ1v) is 5.90. The van der Waals surface area contributed by atoms with E-state index in [0.29, 0.717) is 18.6 Å². The van der Waals surface area contributed by atoms with Gasteiger partial charge in [0.15, 0.2) is 0 Å². The Kier molecular flexibility index (Phi) is 4.96. The van der Waals surface area contributed by atoms with Gasteiger partial charge in [0, 0.05) is 12.7 Å². The van der Waals surface area contributed by atoms with Crippen molar-refractivity contribution in [2.75, 3.05) is 13.7 Å². The molecule has 0 spiro atoms. The first kappa shape index (κ1) is 14.0. The lowest BCUT2D eigenvalue weighted by molar-refractivity contribution is 0.146. The van der Waals surface area contributed by atoms with Crippen LogP contribution < -0.4 is 11.2 Å². The van der Waals surface area contributed by atoms with Gasteiger partial charge in [-0.15, -0.1) is 0 Å². The molecule has 5 nitrogen and oxygen atoms in total. The predicted molar refractivity (Wildman–Crippen MR) is 66.9 cm³/mol. The van der Waals surface area contributed by atoms with Gasteiger partial charge in [-0.3, -0.25) is 14.3 Å². The summed E-state index contributed by atoms with van der Waals surface area (Å²) in [5.74, 6) is 0. The van der Waals surface area contributed by atoms with Crippen LogP contribution in [0.5, 0.6) is 0 Å². The molecule has 1 aromatic heterocycles. The number of methoxy groups -OCH3 is 1. The molecule has 0 bridgehead atoms. The Morgan fingerprint density at radius 2 is 2.12 bits per heavy atom. The van der Waals surface area contributed by atoms with Crippen molar-refractivity contribution < 1.29 is 4.74 Å². The van der Waals surface area contributed by atoms with E-state index in [9.17, 15) is 9.59 Å². The van der Waals surface area contributed by atoms with E-state index in [1.165, 1.54) is 4.57 Å². The average molecular weight is 261 g/mol. The van der Waals surface area contributed by atoms with Crippen molar-refractivity contribution in [3.63, 3.8) is 0 Å². The zero-order valence-corrected chi connectivity index (χ0v) is 11.0. The highest BCUT2D eigenvalue weighted by Gasteiger charge is 2.17. The maximum Gasteiger partial charge on any atom is 0.329 e. The van der Waals surface area contributed by atoms with E-state index in [2.05, 4.69) is 4.98 Å². The monoisotopic (exact) mass is 260 g/mol. The van der Waals surface area contributed by atoms with E-state index in [4.69, 9.17) is 16.3 Å². The molecule has 0 amide bonds. The van der Waals surface area contributed by atoms with Gasteiger partial charge in [-0.05, 0) is 13.3 Å². The molecule has 0 aliphatic heterocycles. The largest absolute Gasteiger partial charge is 0.383 e. The van der Waals surface area contributed by atoms with Crippen molar-refractivity contribution in [3.8, 4) is 0 Å². The van der Waals surface area contributed by atoms with E-state index in [0.717, 1.165) is 6.42 Å². The van der Waals surface area contributed by atoms with Crippen LogP contribution in [0.15, 0.2) is 9.59 Å². The molecule has 6 heteroatoms. The molecule has 0 aliphatic rings. The van der Waals surface area contributed by atoms with Gasteiger partial charge in [0.2, 0.25) is 0 Å². The Morgan fingerprint density at radius 3 is 2.65 bits per heavy atom. The first-order valence-electron chi connectivity index (χ1n) is 5.52. The standard InChI is InChI=1S/C11H17ClN2O3/c1-4-5-8(6-17-3)14-10(15)7(2)9(12)13-11(14)16/h8H,4-6H2,1-3H3,(H,13,16). The molecule has 0 fully saturated rings. The molecule has 1 rings (SSSR count). The number of ether oxygens (including phenoxy) is 1. The van der Waals surface area contributed by atoms with Crippen molar-refractivity contribution in [3.05, 3.63) is 31.6 Å². The molecule has 1 unspecified atom stereocenters. The Balaban J connectivity index is 3.33. The predicted octanol–water partition coefficient (Wildman–Crippen LogP) is 1.49. The molecule has 0 aromatic carbocycles. The second kappa shape index (κ2) is 6.02. The fraction of sp³-hybridized carbons (Fsp3) is 0.636. The molecular weight excluding hydrogens is 244 g/mol. The van der Waals surface area contributed by atoms with Crippen LogP contribution in [0.1, 0.15) is 31.4 Å². The Hall–Kier alpha value is -1.07. The number of hydrogen-bond donors (Lipinski definition) is 1. The van der Waals surface area contributed by atoms with Gasteiger partial charge in [0.25, 0.3) is 5.56 Å². The second-order valence-electron chi connectivity index (χ2n) is 3.94. The Bertz CT molecular complexity index is 486. The number of nitrogens with zero attached hydrogens (tertiary/aromatic N) is 1. The summed E-state index contributed by atoms with van der Waals surface area (Å²) in [6.45, 7) is 3.91. The zero-order valence-electron chi connectivity index (χ0n) is 10.2. The van der Waals surface area contributed by atoms with Gasteiger partial charge in [0.05, 0.1) is 12.6 Å². The minimum atomic E-state index is -0.485.